The number of hydrogen-bond donors (Lipinski definition) is 1. The van der Waals surface area contributed by atoms with Gasteiger partial charge in [0.05, 0.1) is 5.56 Å². The van der Waals surface area contributed by atoms with Crippen molar-refractivity contribution in [2.75, 3.05) is 7.05 Å². The first kappa shape index (κ1) is 14.2. The molecule has 18 heavy (non-hydrogen) atoms. The summed E-state index contributed by atoms with van der Waals surface area (Å²) in [6.45, 7) is 0.269. The number of rotatable bonds is 3. The van der Waals surface area contributed by atoms with Crippen molar-refractivity contribution in [2.24, 2.45) is 0 Å². The first-order valence-electron chi connectivity index (χ1n) is 4.92. The standard InChI is InChI=1S/C11H10F3NO3/c1-15-6-7-4-2-3-5-8(7)9(16)18-10(17)11(12,13)14/h2-5,15H,6H2,1H3. The van der Waals surface area contributed by atoms with Gasteiger partial charge < -0.3 is 10.1 Å². The molecule has 0 aromatic heterocycles. The minimum absolute atomic E-state index is 0.0792. The minimum atomic E-state index is -5.19. The molecular weight excluding hydrogens is 251 g/mol. The molecule has 0 aliphatic rings. The van der Waals surface area contributed by atoms with E-state index in [1.54, 1.807) is 19.2 Å². The van der Waals surface area contributed by atoms with E-state index in [1.807, 2.05) is 0 Å². The summed E-state index contributed by atoms with van der Waals surface area (Å²) >= 11 is 0. The number of nitrogens with one attached hydrogen (secondary N) is 1. The Hall–Kier alpha value is -1.89. The zero-order chi connectivity index (χ0) is 13.8. The van der Waals surface area contributed by atoms with Crippen molar-refractivity contribution in [3.8, 4) is 0 Å². The predicted molar refractivity (Wildman–Crippen MR) is 55.7 cm³/mol. The maximum absolute atomic E-state index is 11.9. The number of hydrogen-bond acceptors (Lipinski definition) is 4. The molecule has 0 unspecified atom stereocenters. The van der Waals surface area contributed by atoms with Crippen LogP contribution in [0.15, 0.2) is 24.3 Å². The Morgan fingerprint density at radius 1 is 1.28 bits per heavy atom. The van der Waals surface area contributed by atoms with Gasteiger partial charge in [-0.2, -0.15) is 13.2 Å². The van der Waals surface area contributed by atoms with Crippen LogP contribution >= 0.6 is 0 Å². The van der Waals surface area contributed by atoms with E-state index in [2.05, 4.69) is 10.1 Å². The molecule has 0 saturated heterocycles. The fourth-order valence-electron chi connectivity index (χ4n) is 1.26. The molecule has 7 heteroatoms. The number of halogens is 3. The normalized spacial score (nSPS) is 11.1. The van der Waals surface area contributed by atoms with E-state index in [1.165, 1.54) is 12.1 Å². The van der Waals surface area contributed by atoms with E-state index in [0.717, 1.165) is 0 Å². The van der Waals surface area contributed by atoms with Gasteiger partial charge in [-0.25, -0.2) is 9.59 Å². The SMILES string of the molecule is CNCc1ccccc1C(=O)OC(=O)C(F)(F)F. The molecule has 0 heterocycles. The largest absolute Gasteiger partial charge is 0.491 e. The lowest BCUT2D eigenvalue weighted by molar-refractivity contribution is -0.193. The van der Waals surface area contributed by atoms with E-state index in [0.29, 0.717) is 5.56 Å². The molecule has 0 aliphatic carbocycles. The highest BCUT2D eigenvalue weighted by Crippen LogP contribution is 2.18. The number of carbonyl (C=O) groups excluding carboxylic acids is 2. The second-order valence-corrected chi connectivity index (χ2v) is 3.36. The van der Waals surface area contributed by atoms with E-state index in [4.69, 9.17) is 0 Å². The molecule has 0 radical (unpaired) electrons. The Morgan fingerprint density at radius 2 is 1.89 bits per heavy atom. The molecule has 1 aromatic rings. The molecule has 1 rings (SSSR count). The summed E-state index contributed by atoms with van der Waals surface area (Å²) in [6.07, 6.45) is -5.19. The Balaban J connectivity index is 2.88. The van der Waals surface area contributed by atoms with Crippen molar-refractivity contribution in [1.29, 1.82) is 0 Å². The van der Waals surface area contributed by atoms with Crippen molar-refractivity contribution >= 4 is 11.9 Å². The maximum Gasteiger partial charge on any atom is 0.491 e. The van der Waals surface area contributed by atoms with E-state index >= 15 is 0 Å². The molecule has 0 bridgehead atoms. The Morgan fingerprint density at radius 3 is 2.44 bits per heavy atom. The third kappa shape index (κ3) is 3.56. The summed E-state index contributed by atoms with van der Waals surface area (Å²) in [6, 6.07) is 5.92. The zero-order valence-corrected chi connectivity index (χ0v) is 9.38. The number of ether oxygens (including phenoxy) is 1. The molecule has 0 saturated carbocycles. The highest BCUT2D eigenvalue weighted by molar-refractivity contribution is 5.99. The molecule has 0 fully saturated rings. The fourth-order valence-corrected chi connectivity index (χ4v) is 1.26. The molecule has 98 valence electrons. The van der Waals surface area contributed by atoms with Crippen molar-refractivity contribution in [3.05, 3.63) is 35.4 Å². The number of carbonyl (C=O) groups is 2. The summed E-state index contributed by atoms with van der Waals surface area (Å²) in [4.78, 5) is 22.0. The van der Waals surface area contributed by atoms with Crippen molar-refractivity contribution in [3.63, 3.8) is 0 Å². The first-order valence-corrected chi connectivity index (χ1v) is 4.92. The predicted octanol–water partition coefficient (Wildman–Crippen LogP) is 1.65. The molecule has 4 nitrogen and oxygen atoms in total. The molecule has 0 spiro atoms. The summed E-state index contributed by atoms with van der Waals surface area (Å²) in [7, 11) is 1.61. The maximum atomic E-state index is 11.9. The second kappa shape index (κ2) is 5.63. The van der Waals surface area contributed by atoms with E-state index < -0.39 is 18.1 Å². The lowest BCUT2D eigenvalue weighted by Crippen LogP contribution is -2.28. The summed E-state index contributed by atoms with van der Waals surface area (Å²) in [5.74, 6) is -3.84. The van der Waals surface area contributed by atoms with Crippen molar-refractivity contribution < 1.29 is 27.5 Å². The van der Waals surface area contributed by atoms with Crippen LogP contribution < -0.4 is 5.32 Å². The molecule has 1 N–H and O–H groups in total. The summed E-state index contributed by atoms with van der Waals surface area (Å²) < 4.78 is 39.6. The van der Waals surface area contributed by atoms with Crippen LogP contribution in [0, 0.1) is 0 Å². The molecule has 0 aliphatic heterocycles. The van der Waals surface area contributed by atoms with Gasteiger partial charge in [0.15, 0.2) is 0 Å². The van der Waals surface area contributed by atoms with Crippen LogP contribution in [0.4, 0.5) is 13.2 Å². The highest BCUT2D eigenvalue weighted by Gasteiger charge is 2.42. The third-order valence-electron chi connectivity index (χ3n) is 2.02. The van der Waals surface area contributed by atoms with Crippen LogP contribution in [0.5, 0.6) is 0 Å². The third-order valence-corrected chi connectivity index (χ3v) is 2.02. The van der Waals surface area contributed by atoms with Crippen molar-refractivity contribution in [2.45, 2.75) is 12.7 Å². The average Bonchev–Trinajstić information content (AvgIpc) is 2.28. The van der Waals surface area contributed by atoms with Crippen LogP contribution in [-0.2, 0) is 16.1 Å². The van der Waals surface area contributed by atoms with Gasteiger partial charge in [-0.15, -0.1) is 0 Å². The van der Waals surface area contributed by atoms with Gasteiger partial charge in [0.25, 0.3) is 0 Å². The van der Waals surface area contributed by atoms with Gasteiger partial charge in [-0.05, 0) is 18.7 Å². The van der Waals surface area contributed by atoms with E-state index in [9.17, 15) is 22.8 Å². The van der Waals surface area contributed by atoms with Crippen LogP contribution in [0.25, 0.3) is 0 Å². The van der Waals surface area contributed by atoms with Gasteiger partial charge >= 0.3 is 18.1 Å². The Bertz CT molecular complexity index is 457. The zero-order valence-electron chi connectivity index (χ0n) is 9.38. The lowest BCUT2D eigenvalue weighted by atomic mass is 10.1. The van der Waals surface area contributed by atoms with Gasteiger partial charge in [-0.3, -0.25) is 0 Å². The molecule has 1 aromatic carbocycles. The fraction of sp³-hybridized carbons (Fsp3) is 0.273. The molecule has 0 amide bonds. The molecule has 0 atom stereocenters. The monoisotopic (exact) mass is 261 g/mol. The minimum Gasteiger partial charge on any atom is -0.383 e. The highest BCUT2D eigenvalue weighted by atomic mass is 19.4. The quantitative estimate of drug-likeness (QED) is 0.664. The van der Waals surface area contributed by atoms with Gasteiger partial charge in [0, 0.05) is 6.54 Å². The Kier molecular flexibility index (Phi) is 4.43. The van der Waals surface area contributed by atoms with Gasteiger partial charge in [-0.1, -0.05) is 18.2 Å². The Labute approximate surface area is 101 Å². The average molecular weight is 261 g/mol. The van der Waals surface area contributed by atoms with Crippen LogP contribution in [0.2, 0.25) is 0 Å². The molecular formula is C11H10F3NO3. The topological polar surface area (TPSA) is 55.4 Å². The first-order chi connectivity index (χ1) is 8.36. The van der Waals surface area contributed by atoms with Crippen LogP contribution in [0.1, 0.15) is 15.9 Å². The van der Waals surface area contributed by atoms with Gasteiger partial charge in [0.1, 0.15) is 0 Å². The summed E-state index contributed by atoms with van der Waals surface area (Å²) in [5, 5.41) is 2.75. The number of esters is 2. The smallest absolute Gasteiger partial charge is 0.383 e. The van der Waals surface area contributed by atoms with Gasteiger partial charge in [0.2, 0.25) is 0 Å². The summed E-state index contributed by atoms with van der Waals surface area (Å²) in [5.41, 5.74) is 0.365. The van der Waals surface area contributed by atoms with Crippen molar-refractivity contribution in [1.82, 2.24) is 5.32 Å². The number of alkyl halides is 3. The number of benzene rings is 1. The van der Waals surface area contributed by atoms with Crippen LogP contribution in [0.3, 0.4) is 0 Å². The lowest BCUT2D eigenvalue weighted by Gasteiger charge is -2.09. The van der Waals surface area contributed by atoms with E-state index in [-0.39, 0.29) is 12.1 Å². The second-order valence-electron chi connectivity index (χ2n) is 3.36. The van der Waals surface area contributed by atoms with Crippen LogP contribution in [-0.4, -0.2) is 25.2 Å².